The second kappa shape index (κ2) is 12.3. The largest absolute Gasteiger partial charge is 0.458 e. The highest BCUT2D eigenvalue weighted by Crippen LogP contribution is 2.45. The third-order valence-corrected chi connectivity index (χ3v) is 9.15. The van der Waals surface area contributed by atoms with E-state index in [1.54, 1.807) is 45.2 Å². The lowest BCUT2D eigenvalue weighted by Gasteiger charge is -2.34. The molecule has 2 aromatic rings. The van der Waals surface area contributed by atoms with Crippen LogP contribution in [-0.4, -0.2) is 61.8 Å². The van der Waals surface area contributed by atoms with E-state index in [1.165, 1.54) is 16.8 Å². The van der Waals surface area contributed by atoms with E-state index in [-0.39, 0.29) is 35.5 Å². The summed E-state index contributed by atoms with van der Waals surface area (Å²) in [6.07, 6.45) is 2.92. The second-order valence-corrected chi connectivity index (χ2v) is 12.9. The zero-order chi connectivity index (χ0) is 31.0. The first-order valence-electron chi connectivity index (χ1n) is 14.7. The van der Waals surface area contributed by atoms with Gasteiger partial charge in [0.25, 0.3) is 0 Å². The third kappa shape index (κ3) is 6.93. The number of halogens is 1. The van der Waals surface area contributed by atoms with Gasteiger partial charge in [-0.25, -0.2) is 9.07 Å². The average molecular weight is 586 g/mol. The van der Waals surface area contributed by atoms with Gasteiger partial charge in [-0.05, 0) is 62.5 Å². The Morgan fingerprint density at radius 1 is 1.19 bits per heavy atom. The lowest BCUT2D eigenvalue weighted by Crippen LogP contribution is -2.45. The maximum absolute atomic E-state index is 14.0. The van der Waals surface area contributed by atoms with Crippen molar-refractivity contribution in [2.24, 2.45) is 17.3 Å². The molecule has 0 radical (unpaired) electrons. The summed E-state index contributed by atoms with van der Waals surface area (Å²) in [5.74, 6) is -2.28. The molecule has 2 fully saturated rings. The van der Waals surface area contributed by atoms with Crippen LogP contribution < -0.4 is 5.73 Å². The Labute approximate surface area is 246 Å². The van der Waals surface area contributed by atoms with Crippen molar-refractivity contribution in [1.82, 2.24) is 9.78 Å². The van der Waals surface area contributed by atoms with Crippen molar-refractivity contribution in [3.63, 3.8) is 0 Å². The molecule has 3 heterocycles. The number of nitrogens with zero attached hydrogens (tertiary/aromatic N) is 2. The highest BCUT2D eigenvalue weighted by molar-refractivity contribution is 5.88. The van der Waals surface area contributed by atoms with E-state index in [9.17, 15) is 24.2 Å². The average Bonchev–Trinajstić information content (AvgIpc) is 3.32. The van der Waals surface area contributed by atoms with Gasteiger partial charge in [0.1, 0.15) is 17.7 Å². The number of epoxide rings is 1. The van der Waals surface area contributed by atoms with Gasteiger partial charge in [0.05, 0.1) is 52.8 Å². The van der Waals surface area contributed by atoms with Gasteiger partial charge in [-0.15, -0.1) is 0 Å². The molecule has 2 saturated heterocycles. The van der Waals surface area contributed by atoms with E-state index in [0.29, 0.717) is 17.8 Å². The molecule has 0 spiro atoms. The van der Waals surface area contributed by atoms with Crippen molar-refractivity contribution in [3.8, 4) is 5.69 Å². The zero-order valence-electron chi connectivity index (χ0n) is 25.3. The summed E-state index contributed by atoms with van der Waals surface area (Å²) in [5.41, 5.74) is 5.83. The van der Waals surface area contributed by atoms with Crippen LogP contribution in [0.4, 0.5) is 10.1 Å². The maximum atomic E-state index is 14.0. The minimum atomic E-state index is -1.29. The number of Topliss-reactive ketones (excluding diaryl/α,β-unsaturated/α-hetero) is 1. The molecule has 2 aliphatic heterocycles. The summed E-state index contributed by atoms with van der Waals surface area (Å²) in [7, 11) is 0. The number of rotatable bonds is 3. The number of aromatic nitrogens is 2. The van der Waals surface area contributed by atoms with Crippen molar-refractivity contribution in [3.05, 3.63) is 47.5 Å². The highest BCUT2D eigenvalue weighted by Gasteiger charge is 2.53. The maximum Gasteiger partial charge on any atom is 0.309 e. The van der Waals surface area contributed by atoms with Gasteiger partial charge in [-0.1, -0.05) is 34.1 Å². The SMILES string of the molecule is C/C(=C\c1ccn(-c2ccc(N)c(F)c2)n1)[C@@H]1C[C@@H]2O[C@]2(C)CCC[C@H](C)[C@H](O)[C@@H](C)C(=O)C(C)(C)[C@@H](O)CC(=O)O1. The number of carbonyl (C=O) groups excluding carboxylic acids is 2. The number of fused-ring (bicyclic) bond motifs is 1. The van der Waals surface area contributed by atoms with E-state index >= 15 is 0 Å². The lowest BCUT2D eigenvalue weighted by molar-refractivity contribution is -0.154. The van der Waals surface area contributed by atoms with Gasteiger partial charge in [0, 0.05) is 24.6 Å². The highest BCUT2D eigenvalue weighted by atomic mass is 19.1. The minimum Gasteiger partial charge on any atom is -0.458 e. The molecule has 0 bridgehead atoms. The Hall–Kier alpha value is -3.08. The molecular weight excluding hydrogens is 541 g/mol. The molecule has 42 heavy (non-hydrogen) atoms. The van der Waals surface area contributed by atoms with Crippen LogP contribution in [-0.2, 0) is 19.1 Å². The fraction of sp³-hybridized carbons (Fsp3) is 0.594. The van der Waals surface area contributed by atoms with Crippen LogP contribution in [0.2, 0.25) is 0 Å². The van der Waals surface area contributed by atoms with Crippen molar-refractivity contribution >= 4 is 23.5 Å². The Morgan fingerprint density at radius 3 is 2.60 bits per heavy atom. The fourth-order valence-electron chi connectivity index (χ4n) is 5.84. The summed E-state index contributed by atoms with van der Waals surface area (Å²) >= 11 is 0. The van der Waals surface area contributed by atoms with Gasteiger partial charge in [-0.2, -0.15) is 5.10 Å². The van der Waals surface area contributed by atoms with Crippen molar-refractivity contribution < 1.29 is 33.7 Å². The van der Waals surface area contributed by atoms with E-state index < -0.39 is 41.4 Å². The number of cyclic esters (lactones) is 1. The summed E-state index contributed by atoms with van der Waals surface area (Å²) in [4.78, 5) is 26.4. The van der Waals surface area contributed by atoms with Gasteiger partial charge in [-0.3, -0.25) is 9.59 Å². The van der Waals surface area contributed by atoms with E-state index in [2.05, 4.69) is 5.10 Å². The molecule has 2 aliphatic rings. The van der Waals surface area contributed by atoms with Crippen LogP contribution in [0.15, 0.2) is 36.0 Å². The number of hydrogen-bond donors (Lipinski definition) is 3. The molecule has 1 aromatic heterocycles. The van der Waals surface area contributed by atoms with Crippen LogP contribution in [0, 0.1) is 23.1 Å². The van der Waals surface area contributed by atoms with Crippen LogP contribution in [0.1, 0.15) is 79.3 Å². The fourth-order valence-corrected chi connectivity index (χ4v) is 5.84. The first-order chi connectivity index (χ1) is 19.6. The van der Waals surface area contributed by atoms with E-state index in [0.717, 1.165) is 24.8 Å². The predicted molar refractivity (Wildman–Crippen MR) is 157 cm³/mol. The number of aliphatic hydroxyl groups excluding tert-OH is 2. The molecular formula is C32H44FN3O6. The number of esters is 1. The zero-order valence-corrected chi connectivity index (χ0v) is 25.3. The molecule has 4 N–H and O–H groups in total. The summed E-state index contributed by atoms with van der Waals surface area (Å²) in [6, 6.07) is 6.21. The van der Waals surface area contributed by atoms with Crippen LogP contribution in [0.5, 0.6) is 0 Å². The van der Waals surface area contributed by atoms with Crippen molar-refractivity contribution in [1.29, 1.82) is 0 Å². The molecule has 230 valence electrons. The smallest absolute Gasteiger partial charge is 0.309 e. The molecule has 10 heteroatoms. The predicted octanol–water partition coefficient (Wildman–Crippen LogP) is 4.62. The Kier molecular flexibility index (Phi) is 9.30. The number of benzene rings is 1. The Balaban J connectivity index is 1.57. The summed E-state index contributed by atoms with van der Waals surface area (Å²) < 4.78 is 27.5. The van der Waals surface area contributed by atoms with E-state index in [4.69, 9.17) is 15.2 Å². The molecule has 0 amide bonds. The van der Waals surface area contributed by atoms with Gasteiger partial charge in [0.15, 0.2) is 0 Å². The topological polar surface area (TPSA) is 140 Å². The van der Waals surface area contributed by atoms with Crippen LogP contribution in [0.3, 0.4) is 0 Å². The standard InChI is InChI=1S/C32H44FN3O6/c1-18-8-7-12-32(6)27(42-32)16-25(41-28(38)17-26(37)31(4,5)30(40)20(3)29(18)39)19(2)14-21-11-13-36(35-21)22-9-10-24(34)23(33)15-22/h9-11,13-15,18,20,25-27,29,37,39H,7-8,12,16-17,34H2,1-6H3/b19-14+/t18-,20+,25-,26-,27-,29-,32+/m0/s1. The number of nitrogen functional groups attached to an aromatic ring is 1. The molecule has 0 unspecified atom stereocenters. The number of ketones is 1. The number of anilines is 1. The van der Waals surface area contributed by atoms with Crippen LogP contribution >= 0.6 is 0 Å². The second-order valence-electron chi connectivity index (χ2n) is 12.9. The minimum absolute atomic E-state index is 0.0532. The number of aliphatic hydroxyl groups is 2. The summed E-state index contributed by atoms with van der Waals surface area (Å²) in [6.45, 7) is 10.7. The number of carbonyl (C=O) groups is 2. The first kappa shape index (κ1) is 31.8. The number of ether oxygens (including phenoxy) is 2. The van der Waals surface area contributed by atoms with Crippen molar-refractivity contribution in [2.75, 3.05) is 5.73 Å². The normalized spacial score (nSPS) is 33.1. The van der Waals surface area contributed by atoms with Crippen molar-refractivity contribution in [2.45, 2.75) is 104 Å². The van der Waals surface area contributed by atoms with E-state index in [1.807, 2.05) is 20.8 Å². The summed E-state index contributed by atoms with van der Waals surface area (Å²) in [5, 5.41) is 26.4. The number of nitrogens with two attached hydrogens (primary N) is 1. The van der Waals surface area contributed by atoms with Crippen LogP contribution in [0.25, 0.3) is 11.8 Å². The molecule has 4 rings (SSSR count). The molecule has 1 aromatic carbocycles. The third-order valence-electron chi connectivity index (χ3n) is 9.15. The molecule has 0 saturated carbocycles. The Morgan fingerprint density at radius 2 is 1.90 bits per heavy atom. The lowest BCUT2D eigenvalue weighted by atomic mass is 9.73. The quantitative estimate of drug-likeness (QED) is 0.269. The molecule has 7 atom stereocenters. The Bertz CT molecular complexity index is 1340. The van der Waals surface area contributed by atoms with Gasteiger partial charge < -0.3 is 25.4 Å². The molecule has 9 nitrogen and oxygen atoms in total. The van der Waals surface area contributed by atoms with Gasteiger partial charge >= 0.3 is 5.97 Å². The van der Waals surface area contributed by atoms with Gasteiger partial charge in [0.2, 0.25) is 0 Å². The number of hydrogen-bond acceptors (Lipinski definition) is 8. The first-order valence-corrected chi connectivity index (χ1v) is 14.7. The monoisotopic (exact) mass is 585 g/mol. The molecule has 0 aliphatic carbocycles.